The van der Waals surface area contributed by atoms with Gasteiger partial charge in [0, 0.05) is 5.41 Å². The van der Waals surface area contributed by atoms with Gasteiger partial charge < -0.3 is 10.7 Å². The average molecular weight is 229 g/mol. The van der Waals surface area contributed by atoms with Crippen LogP contribution < -0.4 is 5.73 Å². The van der Waals surface area contributed by atoms with Gasteiger partial charge in [-0.3, -0.25) is 4.40 Å². The highest BCUT2D eigenvalue weighted by Crippen LogP contribution is 2.23. The normalized spacial score (nSPS) is 12.6. The minimum Gasteiger partial charge on any atom is -0.382 e. The number of aromatic nitrogens is 4. The van der Waals surface area contributed by atoms with Crippen LogP contribution in [0, 0.1) is 0 Å². The fourth-order valence-corrected chi connectivity index (χ4v) is 1.89. The van der Waals surface area contributed by atoms with Gasteiger partial charge in [0.15, 0.2) is 5.65 Å². The fourth-order valence-electron chi connectivity index (χ4n) is 1.89. The number of pyridine rings is 1. The van der Waals surface area contributed by atoms with Crippen LogP contribution in [0.25, 0.3) is 16.8 Å². The fraction of sp³-hybridized carbons (Fsp3) is 0.333. The monoisotopic (exact) mass is 229 g/mol. The summed E-state index contributed by atoms with van der Waals surface area (Å²) in [4.78, 5) is 12.2. The second-order valence-electron chi connectivity index (χ2n) is 5.30. The molecular weight excluding hydrogens is 214 g/mol. The number of nitrogens with two attached hydrogens (primary N) is 1. The molecule has 0 radical (unpaired) electrons. The van der Waals surface area contributed by atoms with E-state index in [0.717, 1.165) is 22.6 Å². The number of imidazole rings is 2. The summed E-state index contributed by atoms with van der Waals surface area (Å²) in [5.74, 6) is 1.48. The molecule has 0 unspecified atom stereocenters. The van der Waals surface area contributed by atoms with E-state index in [-0.39, 0.29) is 5.41 Å². The van der Waals surface area contributed by atoms with Crippen LogP contribution in [-0.4, -0.2) is 19.4 Å². The van der Waals surface area contributed by atoms with Gasteiger partial charge >= 0.3 is 0 Å². The quantitative estimate of drug-likeness (QED) is 0.620. The van der Waals surface area contributed by atoms with Gasteiger partial charge in [-0.2, -0.15) is 0 Å². The Bertz CT molecular complexity index is 699. The number of anilines is 1. The lowest BCUT2D eigenvalue weighted by molar-refractivity contribution is 0.554. The van der Waals surface area contributed by atoms with Crippen LogP contribution >= 0.6 is 0 Å². The first-order valence-electron chi connectivity index (χ1n) is 5.59. The third-order valence-electron chi connectivity index (χ3n) is 2.80. The van der Waals surface area contributed by atoms with Crippen molar-refractivity contribution in [2.75, 3.05) is 5.73 Å². The Balaban J connectivity index is 2.38. The van der Waals surface area contributed by atoms with Gasteiger partial charge in [0.1, 0.15) is 17.3 Å². The van der Waals surface area contributed by atoms with Gasteiger partial charge in [-0.05, 0) is 12.1 Å². The number of nitrogens with one attached hydrogen (secondary N) is 1. The summed E-state index contributed by atoms with van der Waals surface area (Å²) in [6.07, 6.45) is 1.80. The Hall–Kier alpha value is -2.04. The summed E-state index contributed by atoms with van der Waals surface area (Å²) in [6.45, 7) is 6.39. The number of nitrogen functional groups attached to an aromatic ring is 1. The van der Waals surface area contributed by atoms with E-state index >= 15 is 0 Å². The first-order chi connectivity index (χ1) is 7.95. The van der Waals surface area contributed by atoms with Crippen molar-refractivity contribution in [3.8, 4) is 0 Å². The third kappa shape index (κ3) is 1.46. The molecule has 3 aromatic rings. The van der Waals surface area contributed by atoms with E-state index in [2.05, 4.69) is 35.7 Å². The minimum absolute atomic E-state index is 0.00251. The number of H-pyrrole nitrogens is 1. The molecule has 0 aromatic carbocycles. The van der Waals surface area contributed by atoms with Crippen LogP contribution in [0.15, 0.2) is 18.3 Å². The van der Waals surface area contributed by atoms with Gasteiger partial charge in [-0.1, -0.05) is 20.8 Å². The van der Waals surface area contributed by atoms with E-state index < -0.39 is 0 Å². The Kier molecular flexibility index (Phi) is 1.79. The molecule has 3 N–H and O–H groups in total. The number of fused-ring (bicyclic) bond motifs is 3. The van der Waals surface area contributed by atoms with E-state index in [4.69, 9.17) is 5.73 Å². The Morgan fingerprint density at radius 1 is 1.24 bits per heavy atom. The van der Waals surface area contributed by atoms with Crippen molar-refractivity contribution in [3.63, 3.8) is 0 Å². The number of hydrogen-bond acceptors (Lipinski definition) is 3. The van der Waals surface area contributed by atoms with Crippen molar-refractivity contribution in [2.24, 2.45) is 0 Å². The highest BCUT2D eigenvalue weighted by molar-refractivity contribution is 5.76. The molecule has 17 heavy (non-hydrogen) atoms. The SMILES string of the molecule is CC(C)(C)c1nc2c(ccc3nc(N)cn32)[nH]1. The van der Waals surface area contributed by atoms with Gasteiger partial charge in [0.25, 0.3) is 0 Å². The molecule has 5 heteroatoms. The Morgan fingerprint density at radius 3 is 2.71 bits per heavy atom. The number of hydrogen-bond donors (Lipinski definition) is 2. The number of nitrogens with zero attached hydrogens (tertiary/aromatic N) is 3. The molecule has 3 heterocycles. The molecule has 0 aliphatic heterocycles. The predicted molar refractivity (Wildman–Crippen MR) is 68.0 cm³/mol. The van der Waals surface area contributed by atoms with Gasteiger partial charge in [-0.15, -0.1) is 0 Å². The van der Waals surface area contributed by atoms with Crippen LogP contribution in [0.5, 0.6) is 0 Å². The maximum Gasteiger partial charge on any atom is 0.164 e. The lowest BCUT2D eigenvalue weighted by Crippen LogP contribution is -2.13. The molecule has 3 rings (SSSR count). The molecule has 0 amide bonds. The van der Waals surface area contributed by atoms with Gasteiger partial charge in [0.2, 0.25) is 0 Å². The zero-order valence-corrected chi connectivity index (χ0v) is 10.2. The van der Waals surface area contributed by atoms with Crippen LogP contribution in [0.3, 0.4) is 0 Å². The smallest absolute Gasteiger partial charge is 0.164 e. The Morgan fingerprint density at radius 2 is 2.00 bits per heavy atom. The number of rotatable bonds is 0. The first kappa shape index (κ1) is 10.1. The van der Waals surface area contributed by atoms with Crippen molar-refractivity contribution < 1.29 is 0 Å². The number of aromatic amines is 1. The van der Waals surface area contributed by atoms with Crippen LogP contribution in [0.4, 0.5) is 5.82 Å². The molecule has 0 fully saturated rings. The van der Waals surface area contributed by atoms with E-state index in [1.54, 1.807) is 6.20 Å². The van der Waals surface area contributed by atoms with E-state index in [0.29, 0.717) is 5.82 Å². The lowest BCUT2D eigenvalue weighted by atomic mass is 9.96. The van der Waals surface area contributed by atoms with Crippen molar-refractivity contribution in [2.45, 2.75) is 26.2 Å². The minimum atomic E-state index is -0.00251. The maximum atomic E-state index is 5.70. The summed E-state index contributed by atoms with van der Waals surface area (Å²) in [6, 6.07) is 3.92. The van der Waals surface area contributed by atoms with Gasteiger partial charge in [-0.25, -0.2) is 9.97 Å². The third-order valence-corrected chi connectivity index (χ3v) is 2.80. The molecule has 5 nitrogen and oxygen atoms in total. The summed E-state index contributed by atoms with van der Waals surface area (Å²) >= 11 is 0. The molecule has 0 bridgehead atoms. The topological polar surface area (TPSA) is 72.0 Å². The lowest BCUT2D eigenvalue weighted by Gasteiger charge is -2.13. The molecular formula is C12H15N5. The summed E-state index contributed by atoms with van der Waals surface area (Å²) in [7, 11) is 0. The zero-order valence-electron chi connectivity index (χ0n) is 10.2. The highest BCUT2D eigenvalue weighted by Gasteiger charge is 2.19. The van der Waals surface area contributed by atoms with Crippen LogP contribution in [0.1, 0.15) is 26.6 Å². The summed E-state index contributed by atoms with van der Waals surface area (Å²) in [5, 5.41) is 0. The molecule has 88 valence electrons. The van der Waals surface area contributed by atoms with Crippen LogP contribution in [-0.2, 0) is 5.41 Å². The predicted octanol–water partition coefficient (Wildman–Crippen LogP) is 2.09. The van der Waals surface area contributed by atoms with Gasteiger partial charge in [0.05, 0.1) is 11.7 Å². The van der Waals surface area contributed by atoms with Crippen molar-refractivity contribution >= 4 is 22.6 Å². The standard InChI is InChI=1S/C12H15N5/c1-12(2,3)11-14-7-4-5-9-15-8(13)6-17(9)10(7)16-11/h4-6H,13H2,1-3H3,(H,14,16). The van der Waals surface area contributed by atoms with E-state index in [9.17, 15) is 0 Å². The molecule has 3 aromatic heterocycles. The molecule has 0 saturated carbocycles. The molecule has 0 spiro atoms. The van der Waals surface area contributed by atoms with E-state index in [1.165, 1.54) is 0 Å². The van der Waals surface area contributed by atoms with E-state index in [1.807, 2.05) is 16.5 Å². The first-order valence-corrected chi connectivity index (χ1v) is 5.59. The molecule has 0 saturated heterocycles. The van der Waals surface area contributed by atoms with Crippen molar-refractivity contribution in [3.05, 3.63) is 24.2 Å². The Labute approximate surface area is 98.7 Å². The van der Waals surface area contributed by atoms with Crippen LogP contribution in [0.2, 0.25) is 0 Å². The molecule has 0 aliphatic carbocycles. The second-order valence-corrected chi connectivity index (χ2v) is 5.30. The summed E-state index contributed by atoms with van der Waals surface area (Å²) < 4.78 is 1.91. The second kappa shape index (κ2) is 3.00. The maximum absolute atomic E-state index is 5.70. The summed E-state index contributed by atoms with van der Waals surface area (Å²) in [5.41, 5.74) is 8.39. The average Bonchev–Trinajstić information content (AvgIpc) is 2.76. The van der Waals surface area contributed by atoms with Crippen molar-refractivity contribution in [1.82, 2.24) is 19.4 Å². The molecule has 0 atom stereocenters. The van der Waals surface area contributed by atoms with Crippen molar-refractivity contribution in [1.29, 1.82) is 0 Å². The largest absolute Gasteiger partial charge is 0.382 e. The zero-order chi connectivity index (χ0) is 12.2. The highest BCUT2D eigenvalue weighted by atomic mass is 15.1. The molecule has 0 aliphatic rings.